The lowest BCUT2D eigenvalue weighted by Gasteiger charge is -2.30. The molecule has 3 unspecified atom stereocenters. The molecule has 94 valence electrons. The predicted molar refractivity (Wildman–Crippen MR) is 66.4 cm³/mol. The van der Waals surface area contributed by atoms with E-state index in [0.717, 1.165) is 25.6 Å². The fraction of sp³-hybridized carbons (Fsp3) is 1.00. The lowest BCUT2D eigenvalue weighted by molar-refractivity contribution is 0.101. The van der Waals surface area contributed by atoms with Crippen LogP contribution in [0.3, 0.4) is 0 Å². The van der Waals surface area contributed by atoms with E-state index in [1.807, 2.05) is 0 Å². The minimum absolute atomic E-state index is 0.215. The first-order valence-corrected chi connectivity index (χ1v) is 6.85. The highest BCUT2D eigenvalue weighted by atomic mass is 16.5. The Labute approximate surface area is 99.1 Å². The summed E-state index contributed by atoms with van der Waals surface area (Å²) in [5.41, 5.74) is 6.18. The molecule has 1 saturated heterocycles. The second-order valence-electron chi connectivity index (χ2n) is 5.52. The van der Waals surface area contributed by atoms with E-state index in [4.69, 9.17) is 10.5 Å². The Kier molecular flexibility index (Phi) is 4.22. The van der Waals surface area contributed by atoms with Crippen LogP contribution in [-0.2, 0) is 4.74 Å². The van der Waals surface area contributed by atoms with Crippen LogP contribution in [0.4, 0.5) is 0 Å². The molecule has 1 heterocycles. The van der Waals surface area contributed by atoms with Crippen LogP contribution in [0.5, 0.6) is 0 Å². The van der Waals surface area contributed by atoms with Gasteiger partial charge in [-0.25, -0.2) is 0 Å². The third-order valence-electron chi connectivity index (χ3n) is 4.41. The Morgan fingerprint density at radius 2 is 2.31 bits per heavy atom. The molecular formula is C13H26N2O. The predicted octanol–water partition coefficient (Wildman–Crippen LogP) is 1.66. The average Bonchev–Trinajstić information content (AvgIpc) is 2.96. The van der Waals surface area contributed by atoms with Gasteiger partial charge in [0, 0.05) is 25.2 Å². The lowest BCUT2D eigenvalue weighted by atomic mass is 9.94. The number of rotatable bonds is 5. The third-order valence-corrected chi connectivity index (χ3v) is 4.41. The van der Waals surface area contributed by atoms with E-state index in [0.29, 0.717) is 6.10 Å². The number of hydrogen-bond acceptors (Lipinski definition) is 3. The highest BCUT2D eigenvalue weighted by molar-refractivity contribution is 4.97. The van der Waals surface area contributed by atoms with Gasteiger partial charge >= 0.3 is 0 Å². The molecule has 0 aromatic heterocycles. The number of hydrogen-bond donors (Lipinski definition) is 2. The molecule has 0 aromatic rings. The molecule has 0 aromatic carbocycles. The molecule has 0 amide bonds. The molecule has 3 heteroatoms. The van der Waals surface area contributed by atoms with Crippen molar-refractivity contribution < 1.29 is 4.74 Å². The van der Waals surface area contributed by atoms with Crippen molar-refractivity contribution in [2.75, 3.05) is 19.7 Å². The monoisotopic (exact) mass is 226 g/mol. The molecular weight excluding hydrogens is 200 g/mol. The first kappa shape index (κ1) is 12.3. The minimum Gasteiger partial charge on any atom is -0.377 e. The van der Waals surface area contributed by atoms with E-state index < -0.39 is 0 Å². The van der Waals surface area contributed by atoms with Crippen molar-refractivity contribution in [1.29, 1.82) is 0 Å². The van der Waals surface area contributed by atoms with Crippen molar-refractivity contribution in [3.8, 4) is 0 Å². The Bertz CT molecular complexity index is 216. The summed E-state index contributed by atoms with van der Waals surface area (Å²) in [5, 5.41) is 3.70. The summed E-state index contributed by atoms with van der Waals surface area (Å²) in [7, 11) is 0. The highest BCUT2D eigenvalue weighted by Crippen LogP contribution is 2.35. The van der Waals surface area contributed by atoms with Crippen molar-refractivity contribution >= 4 is 0 Å². The maximum atomic E-state index is 5.97. The summed E-state index contributed by atoms with van der Waals surface area (Å²) in [6.07, 6.45) is 8.01. The van der Waals surface area contributed by atoms with Crippen LogP contribution in [0.15, 0.2) is 0 Å². The number of nitrogens with one attached hydrogen (secondary N) is 1. The van der Waals surface area contributed by atoms with Gasteiger partial charge in [-0.3, -0.25) is 0 Å². The summed E-state index contributed by atoms with van der Waals surface area (Å²) in [5.74, 6) is 0.876. The topological polar surface area (TPSA) is 47.3 Å². The van der Waals surface area contributed by atoms with Crippen molar-refractivity contribution in [1.82, 2.24) is 5.32 Å². The zero-order chi connectivity index (χ0) is 11.4. The van der Waals surface area contributed by atoms with E-state index in [-0.39, 0.29) is 5.54 Å². The van der Waals surface area contributed by atoms with E-state index in [2.05, 4.69) is 12.2 Å². The van der Waals surface area contributed by atoms with Gasteiger partial charge in [0.15, 0.2) is 0 Å². The summed E-state index contributed by atoms with van der Waals surface area (Å²) < 4.78 is 5.65. The van der Waals surface area contributed by atoms with Crippen LogP contribution >= 0.6 is 0 Å². The van der Waals surface area contributed by atoms with Gasteiger partial charge in [-0.1, -0.05) is 13.3 Å². The largest absolute Gasteiger partial charge is 0.377 e. The first-order valence-electron chi connectivity index (χ1n) is 6.85. The van der Waals surface area contributed by atoms with Gasteiger partial charge in [0.1, 0.15) is 0 Å². The molecule has 16 heavy (non-hydrogen) atoms. The Morgan fingerprint density at radius 3 is 2.88 bits per heavy atom. The van der Waals surface area contributed by atoms with E-state index in [9.17, 15) is 0 Å². The molecule has 2 fully saturated rings. The molecule has 3 nitrogen and oxygen atoms in total. The molecule has 1 saturated carbocycles. The third kappa shape index (κ3) is 2.76. The zero-order valence-corrected chi connectivity index (χ0v) is 10.5. The normalized spacial score (nSPS) is 39.4. The zero-order valence-electron chi connectivity index (χ0n) is 10.5. The van der Waals surface area contributed by atoms with Gasteiger partial charge in [0.2, 0.25) is 0 Å². The van der Waals surface area contributed by atoms with Crippen molar-refractivity contribution in [2.45, 2.75) is 57.1 Å². The summed E-state index contributed by atoms with van der Waals surface area (Å²) in [4.78, 5) is 0. The van der Waals surface area contributed by atoms with Gasteiger partial charge in [0.25, 0.3) is 0 Å². The Morgan fingerprint density at radius 1 is 1.44 bits per heavy atom. The molecule has 0 spiro atoms. The van der Waals surface area contributed by atoms with Crippen molar-refractivity contribution in [2.24, 2.45) is 11.7 Å². The molecule has 0 radical (unpaired) electrons. The van der Waals surface area contributed by atoms with Crippen LogP contribution in [0.1, 0.15) is 45.4 Å². The fourth-order valence-corrected chi connectivity index (χ4v) is 3.14. The van der Waals surface area contributed by atoms with Crippen LogP contribution < -0.4 is 11.1 Å². The maximum Gasteiger partial charge on any atom is 0.0700 e. The summed E-state index contributed by atoms with van der Waals surface area (Å²) >= 11 is 0. The minimum atomic E-state index is 0.215. The number of nitrogens with two attached hydrogens (primary N) is 1. The standard InChI is InChI=1S/C13H26N2O/c1-2-11-5-6-13(8-11,10-14)15-9-12-4-3-7-16-12/h11-12,15H,2-10,14H2,1H3. The molecule has 3 atom stereocenters. The SMILES string of the molecule is CCC1CCC(CN)(NCC2CCCO2)C1. The molecule has 1 aliphatic heterocycles. The maximum absolute atomic E-state index is 5.97. The lowest BCUT2D eigenvalue weighted by Crippen LogP contribution is -2.51. The highest BCUT2D eigenvalue weighted by Gasteiger charge is 2.37. The van der Waals surface area contributed by atoms with Gasteiger partial charge in [-0.15, -0.1) is 0 Å². The van der Waals surface area contributed by atoms with E-state index in [1.165, 1.54) is 38.5 Å². The Hall–Kier alpha value is -0.120. The van der Waals surface area contributed by atoms with Gasteiger partial charge in [0.05, 0.1) is 6.10 Å². The van der Waals surface area contributed by atoms with Crippen LogP contribution in [0.2, 0.25) is 0 Å². The molecule has 2 aliphatic rings. The van der Waals surface area contributed by atoms with Crippen LogP contribution in [0, 0.1) is 5.92 Å². The number of ether oxygens (including phenoxy) is 1. The first-order chi connectivity index (χ1) is 7.78. The molecule has 0 bridgehead atoms. The quantitative estimate of drug-likeness (QED) is 0.749. The second-order valence-corrected chi connectivity index (χ2v) is 5.52. The van der Waals surface area contributed by atoms with Crippen LogP contribution in [0.25, 0.3) is 0 Å². The van der Waals surface area contributed by atoms with E-state index in [1.54, 1.807) is 0 Å². The average molecular weight is 226 g/mol. The Balaban J connectivity index is 1.80. The van der Waals surface area contributed by atoms with Crippen LogP contribution in [-0.4, -0.2) is 31.3 Å². The molecule has 2 rings (SSSR count). The van der Waals surface area contributed by atoms with Gasteiger partial charge in [-0.2, -0.15) is 0 Å². The van der Waals surface area contributed by atoms with Crippen molar-refractivity contribution in [3.63, 3.8) is 0 Å². The van der Waals surface area contributed by atoms with Gasteiger partial charge < -0.3 is 15.8 Å². The van der Waals surface area contributed by atoms with E-state index >= 15 is 0 Å². The molecule has 3 N–H and O–H groups in total. The fourth-order valence-electron chi connectivity index (χ4n) is 3.14. The second kappa shape index (κ2) is 5.48. The molecule has 1 aliphatic carbocycles. The summed E-state index contributed by atoms with van der Waals surface area (Å²) in [6, 6.07) is 0. The van der Waals surface area contributed by atoms with Gasteiger partial charge in [-0.05, 0) is 38.0 Å². The smallest absolute Gasteiger partial charge is 0.0700 e. The van der Waals surface area contributed by atoms with Crippen molar-refractivity contribution in [3.05, 3.63) is 0 Å². The summed E-state index contributed by atoms with van der Waals surface area (Å²) in [6.45, 7) is 5.00.